The molecular formula is C13H10FN3O2S. The molecule has 0 unspecified atom stereocenters. The fourth-order valence-electron chi connectivity index (χ4n) is 1.57. The van der Waals surface area contributed by atoms with Crippen LogP contribution in [0.5, 0.6) is 0 Å². The van der Waals surface area contributed by atoms with Crippen molar-refractivity contribution in [2.45, 2.75) is 0 Å². The van der Waals surface area contributed by atoms with Crippen LogP contribution >= 0.6 is 12.2 Å². The van der Waals surface area contributed by atoms with Crippen molar-refractivity contribution < 1.29 is 9.31 Å². The van der Waals surface area contributed by atoms with Gasteiger partial charge in [-0.1, -0.05) is 18.2 Å². The second kappa shape index (κ2) is 6.07. The molecule has 0 amide bonds. The lowest BCUT2D eigenvalue weighted by molar-refractivity contribution is -0.384. The zero-order valence-corrected chi connectivity index (χ0v) is 11.0. The molecule has 2 N–H and O–H groups in total. The standard InChI is InChI=1S/C13H10FN3O2S/c14-9-6-7-11(12(8-9)17(18)19)16-13(20)15-10-4-2-1-3-5-10/h1-8H,(H2,15,16,20). The third-order valence-electron chi connectivity index (χ3n) is 2.44. The molecule has 5 nitrogen and oxygen atoms in total. The van der Waals surface area contributed by atoms with Crippen LogP contribution in [0.4, 0.5) is 21.5 Å². The summed E-state index contributed by atoms with van der Waals surface area (Å²) in [5.41, 5.74) is 0.502. The molecule has 102 valence electrons. The maximum absolute atomic E-state index is 13.0. The van der Waals surface area contributed by atoms with Gasteiger partial charge in [0, 0.05) is 5.69 Å². The number of para-hydroxylation sites is 1. The lowest BCUT2D eigenvalue weighted by Crippen LogP contribution is -2.19. The van der Waals surface area contributed by atoms with Crippen molar-refractivity contribution in [3.8, 4) is 0 Å². The lowest BCUT2D eigenvalue weighted by atomic mass is 10.2. The number of rotatable bonds is 3. The number of nitrogens with one attached hydrogen (secondary N) is 2. The Balaban J connectivity index is 2.14. The molecular weight excluding hydrogens is 281 g/mol. The monoisotopic (exact) mass is 291 g/mol. The molecule has 2 aromatic rings. The van der Waals surface area contributed by atoms with Crippen LogP contribution in [0.25, 0.3) is 0 Å². The average Bonchev–Trinajstić information content (AvgIpc) is 2.41. The molecule has 2 aromatic carbocycles. The van der Waals surface area contributed by atoms with Crippen LogP contribution in [0.1, 0.15) is 0 Å². The van der Waals surface area contributed by atoms with Gasteiger partial charge in [0.1, 0.15) is 11.5 Å². The van der Waals surface area contributed by atoms with Crippen LogP contribution < -0.4 is 10.6 Å². The number of halogens is 1. The van der Waals surface area contributed by atoms with Gasteiger partial charge >= 0.3 is 0 Å². The van der Waals surface area contributed by atoms with Crippen LogP contribution in [0.15, 0.2) is 48.5 Å². The van der Waals surface area contributed by atoms with E-state index in [1.54, 1.807) is 12.1 Å². The Hall–Kier alpha value is -2.54. The van der Waals surface area contributed by atoms with Gasteiger partial charge in [0.15, 0.2) is 5.11 Å². The number of hydrogen-bond acceptors (Lipinski definition) is 3. The molecule has 7 heteroatoms. The van der Waals surface area contributed by atoms with E-state index < -0.39 is 10.7 Å². The molecule has 0 fully saturated rings. The highest BCUT2D eigenvalue weighted by atomic mass is 32.1. The summed E-state index contributed by atoms with van der Waals surface area (Å²) >= 11 is 5.06. The van der Waals surface area contributed by atoms with E-state index in [4.69, 9.17) is 12.2 Å². The van der Waals surface area contributed by atoms with Gasteiger partial charge in [0.05, 0.1) is 11.0 Å². The number of benzene rings is 2. The fraction of sp³-hybridized carbons (Fsp3) is 0. The van der Waals surface area contributed by atoms with Crippen molar-refractivity contribution in [3.63, 3.8) is 0 Å². The van der Waals surface area contributed by atoms with Crippen LogP contribution in [0.2, 0.25) is 0 Å². The van der Waals surface area contributed by atoms with Gasteiger partial charge in [-0.3, -0.25) is 10.1 Å². The third kappa shape index (κ3) is 3.48. The van der Waals surface area contributed by atoms with E-state index in [9.17, 15) is 14.5 Å². The molecule has 0 saturated carbocycles. The van der Waals surface area contributed by atoms with E-state index in [1.165, 1.54) is 6.07 Å². The molecule has 0 radical (unpaired) electrons. The van der Waals surface area contributed by atoms with Gasteiger partial charge in [-0.05, 0) is 36.5 Å². The highest BCUT2D eigenvalue weighted by Gasteiger charge is 2.15. The second-order valence-corrected chi connectivity index (χ2v) is 4.27. The van der Waals surface area contributed by atoms with Crippen molar-refractivity contribution in [3.05, 3.63) is 64.5 Å². The quantitative estimate of drug-likeness (QED) is 0.514. The van der Waals surface area contributed by atoms with E-state index >= 15 is 0 Å². The first-order valence-electron chi connectivity index (χ1n) is 5.63. The summed E-state index contributed by atoms with van der Waals surface area (Å²) in [5, 5.41) is 16.6. The van der Waals surface area contributed by atoms with Gasteiger partial charge in [0.2, 0.25) is 0 Å². The summed E-state index contributed by atoms with van der Waals surface area (Å²) in [4.78, 5) is 10.2. The Morgan fingerprint density at radius 1 is 1.15 bits per heavy atom. The average molecular weight is 291 g/mol. The Morgan fingerprint density at radius 3 is 2.50 bits per heavy atom. The van der Waals surface area contributed by atoms with Crippen LogP contribution in [0.3, 0.4) is 0 Å². The molecule has 0 bridgehead atoms. The normalized spacial score (nSPS) is 9.85. The molecule has 0 heterocycles. The van der Waals surface area contributed by atoms with Crippen molar-refractivity contribution in [2.24, 2.45) is 0 Å². The number of nitro groups is 1. The summed E-state index contributed by atoms with van der Waals surface area (Å²) in [6.07, 6.45) is 0. The van der Waals surface area contributed by atoms with E-state index in [-0.39, 0.29) is 16.5 Å². The number of nitrogens with zero attached hydrogens (tertiary/aromatic N) is 1. The number of nitro benzene ring substituents is 1. The van der Waals surface area contributed by atoms with E-state index in [1.807, 2.05) is 18.2 Å². The predicted octanol–water partition coefficient (Wildman–Crippen LogP) is 3.54. The minimum absolute atomic E-state index is 0.129. The van der Waals surface area contributed by atoms with Gasteiger partial charge in [-0.25, -0.2) is 4.39 Å². The van der Waals surface area contributed by atoms with Gasteiger partial charge in [-0.15, -0.1) is 0 Å². The van der Waals surface area contributed by atoms with Crippen molar-refractivity contribution in [1.82, 2.24) is 0 Å². The zero-order chi connectivity index (χ0) is 14.5. The van der Waals surface area contributed by atoms with Crippen LogP contribution in [0, 0.1) is 15.9 Å². The first-order chi connectivity index (χ1) is 9.56. The summed E-state index contributed by atoms with van der Waals surface area (Å²) < 4.78 is 13.0. The maximum atomic E-state index is 13.0. The molecule has 0 aliphatic carbocycles. The predicted molar refractivity (Wildman–Crippen MR) is 79.3 cm³/mol. The van der Waals surface area contributed by atoms with E-state index in [0.29, 0.717) is 0 Å². The van der Waals surface area contributed by atoms with Gasteiger partial charge in [-0.2, -0.15) is 0 Å². The molecule has 0 aliphatic rings. The highest BCUT2D eigenvalue weighted by molar-refractivity contribution is 7.80. The largest absolute Gasteiger partial charge is 0.332 e. The highest BCUT2D eigenvalue weighted by Crippen LogP contribution is 2.25. The van der Waals surface area contributed by atoms with Crippen molar-refractivity contribution in [2.75, 3.05) is 10.6 Å². The first kappa shape index (κ1) is 13.9. The molecule has 0 atom stereocenters. The minimum Gasteiger partial charge on any atom is -0.332 e. The Morgan fingerprint density at radius 2 is 1.85 bits per heavy atom. The summed E-state index contributed by atoms with van der Waals surface area (Å²) in [5.74, 6) is -0.677. The smallest absolute Gasteiger partial charge is 0.295 e. The van der Waals surface area contributed by atoms with Crippen molar-refractivity contribution in [1.29, 1.82) is 0 Å². The number of anilines is 2. The fourth-order valence-corrected chi connectivity index (χ4v) is 1.80. The lowest BCUT2D eigenvalue weighted by Gasteiger charge is -2.10. The van der Waals surface area contributed by atoms with E-state index in [0.717, 1.165) is 17.8 Å². The number of thiocarbonyl (C=S) groups is 1. The molecule has 0 aliphatic heterocycles. The topological polar surface area (TPSA) is 67.2 Å². The molecule has 2 rings (SSSR count). The molecule has 20 heavy (non-hydrogen) atoms. The van der Waals surface area contributed by atoms with Gasteiger partial charge in [0.25, 0.3) is 5.69 Å². The summed E-state index contributed by atoms with van der Waals surface area (Å²) in [6.45, 7) is 0. The Bertz CT molecular complexity index is 649. The Labute approximate surface area is 119 Å². The van der Waals surface area contributed by atoms with Gasteiger partial charge < -0.3 is 10.6 Å². The summed E-state index contributed by atoms with van der Waals surface area (Å²) in [7, 11) is 0. The Kier molecular flexibility index (Phi) is 4.21. The maximum Gasteiger partial charge on any atom is 0.295 e. The minimum atomic E-state index is -0.677. The molecule has 0 spiro atoms. The zero-order valence-electron chi connectivity index (χ0n) is 10.2. The molecule has 0 aromatic heterocycles. The van der Waals surface area contributed by atoms with Crippen molar-refractivity contribution >= 4 is 34.4 Å². The third-order valence-corrected chi connectivity index (χ3v) is 2.64. The second-order valence-electron chi connectivity index (χ2n) is 3.86. The van der Waals surface area contributed by atoms with E-state index in [2.05, 4.69) is 10.6 Å². The molecule has 0 saturated heterocycles. The van der Waals surface area contributed by atoms with Crippen LogP contribution in [-0.4, -0.2) is 10.0 Å². The first-order valence-corrected chi connectivity index (χ1v) is 6.04. The van der Waals surface area contributed by atoms with Crippen LogP contribution in [-0.2, 0) is 0 Å². The summed E-state index contributed by atoms with van der Waals surface area (Å²) in [6, 6.07) is 12.3. The number of hydrogen-bond donors (Lipinski definition) is 2. The SMILES string of the molecule is O=[N+]([O-])c1cc(F)ccc1NC(=S)Nc1ccccc1.